The van der Waals surface area contributed by atoms with Crippen LogP contribution in [-0.2, 0) is 4.79 Å². The molecule has 1 aromatic heterocycles. The second-order valence-electron chi connectivity index (χ2n) is 6.44. The van der Waals surface area contributed by atoms with Crippen molar-refractivity contribution < 1.29 is 19.1 Å². The normalized spacial score (nSPS) is 10.9. The molecule has 0 atom stereocenters. The van der Waals surface area contributed by atoms with Gasteiger partial charge in [-0.05, 0) is 36.4 Å². The lowest BCUT2D eigenvalue weighted by atomic mass is 10.1. The minimum absolute atomic E-state index is 0.0405. The summed E-state index contributed by atoms with van der Waals surface area (Å²) in [4.78, 5) is 24.4. The lowest BCUT2D eigenvalue weighted by Crippen LogP contribution is -2.18. The second kappa shape index (κ2) is 9.89. The number of thiophene rings is 1. The van der Waals surface area contributed by atoms with E-state index >= 15 is 0 Å². The van der Waals surface area contributed by atoms with Crippen LogP contribution in [0.4, 0.5) is 5.69 Å². The van der Waals surface area contributed by atoms with Gasteiger partial charge in [-0.1, -0.05) is 0 Å². The number of ketones is 1. The first kappa shape index (κ1) is 21.3. The van der Waals surface area contributed by atoms with Crippen LogP contribution in [0.2, 0.25) is 0 Å². The van der Waals surface area contributed by atoms with Crippen LogP contribution in [0.3, 0.4) is 0 Å². The number of hydrazone groups is 1. The van der Waals surface area contributed by atoms with Gasteiger partial charge in [0.25, 0.3) is 0 Å². The molecular formula is C22H23N3O4S. The van der Waals surface area contributed by atoms with Crippen LogP contribution in [0.5, 0.6) is 11.5 Å². The van der Waals surface area contributed by atoms with Gasteiger partial charge in [0, 0.05) is 52.2 Å². The van der Waals surface area contributed by atoms with Gasteiger partial charge in [0.05, 0.1) is 20.4 Å². The molecule has 3 rings (SSSR count). The third-order valence-electron chi connectivity index (χ3n) is 4.57. The number of nitrogens with zero attached hydrogens (tertiary/aromatic N) is 1. The summed E-state index contributed by atoms with van der Waals surface area (Å²) in [7, 11) is 4.90. The minimum atomic E-state index is -0.324. The van der Waals surface area contributed by atoms with E-state index in [9.17, 15) is 9.59 Å². The van der Waals surface area contributed by atoms with Crippen molar-refractivity contribution in [2.45, 2.75) is 12.8 Å². The minimum Gasteiger partial charge on any atom is -0.493 e. The molecule has 0 saturated carbocycles. The lowest BCUT2D eigenvalue weighted by Gasteiger charge is -2.08. The Bertz CT molecular complexity index is 1090. The molecule has 2 aromatic carbocycles. The molecule has 0 aliphatic carbocycles. The topological polar surface area (TPSA) is 89.0 Å². The van der Waals surface area contributed by atoms with Crippen LogP contribution in [0, 0.1) is 0 Å². The van der Waals surface area contributed by atoms with E-state index in [2.05, 4.69) is 15.8 Å². The van der Waals surface area contributed by atoms with Crippen molar-refractivity contribution in [1.82, 2.24) is 5.43 Å². The number of nitrogens with one attached hydrogen (secondary N) is 2. The Labute approximate surface area is 178 Å². The second-order valence-corrected chi connectivity index (χ2v) is 7.35. The molecule has 0 aliphatic rings. The lowest BCUT2D eigenvalue weighted by molar-refractivity contribution is -0.121. The fourth-order valence-corrected chi connectivity index (χ4v) is 3.81. The number of methoxy groups -OCH3 is 2. The summed E-state index contributed by atoms with van der Waals surface area (Å²) in [5.41, 5.74) is 4.88. The monoisotopic (exact) mass is 425 g/mol. The maximum Gasteiger partial charge on any atom is 0.240 e. The summed E-state index contributed by atoms with van der Waals surface area (Å²) >= 11 is 1.61. The van der Waals surface area contributed by atoms with E-state index in [0.29, 0.717) is 17.1 Å². The van der Waals surface area contributed by atoms with Gasteiger partial charge < -0.3 is 14.8 Å². The Hall–Kier alpha value is -3.39. The van der Waals surface area contributed by atoms with Crippen molar-refractivity contribution in [3.05, 3.63) is 52.9 Å². The van der Waals surface area contributed by atoms with Crippen LogP contribution < -0.4 is 20.2 Å². The average molecular weight is 426 g/mol. The third-order valence-corrected chi connectivity index (χ3v) is 5.55. The molecule has 156 valence electrons. The highest BCUT2D eigenvalue weighted by atomic mass is 32.1. The molecule has 0 radical (unpaired) electrons. The van der Waals surface area contributed by atoms with Crippen molar-refractivity contribution in [3.63, 3.8) is 0 Å². The van der Waals surface area contributed by atoms with Crippen molar-refractivity contribution in [2.24, 2.45) is 5.10 Å². The molecule has 8 heteroatoms. The molecule has 1 heterocycles. The van der Waals surface area contributed by atoms with Crippen LogP contribution >= 0.6 is 11.3 Å². The highest BCUT2D eigenvalue weighted by Gasteiger charge is 2.12. The molecule has 0 spiro atoms. The number of fused-ring (bicyclic) bond motifs is 1. The van der Waals surface area contributed by atoms with Gasteiger partial charge in [-0.2, -0.15) is 5.10 Å². The number of carbonyl (C=O) groups is 2. The van der Waals surface area contributed by atoms with Crippen molar-refractivity contribution in [2.75, 3.05) is 26.6 Å². The summed E-state index contributed by atoms with van der Waals surface area (Å²) in [6.07, 6.45) is 1.73. The van der Waals surface area contributed by atoms with E-state index in [-0.39, 0.29) is 24.5 Å². The summed E-state index contributed by atoms with van der Waals surface area (Å²) in [6, 6.07) is 11.0. The number of hydrogen-bond donors (Lipinski definition) is 2. The van der Waals surface area contributed by atoms with E-state index < -0.39 is 0 Å². The summed E-state index contributed by atoms with van der Waals surface area (Å²) in [5.74, 6) is 0.541. The Morgan fingerprint density at radius 1 is 1.07 bits per heavy atom. The van der Waals surface area contributed by atoms with Crippen LogP contribution in [0.1, 0.15) is 28.8 Å². The zero-order valence-corrected chi connectivity index (χ0v) is 17.8. The first-order valence-electron chi connectivity index (χ1n) is 9.32. The fraction of sp³-hybridized carbons (Fsp3) is 0.227. The molecule has 1 amide bonds. The van der Waals surface area contributed by atoms with Crippen LogP contribution in [0.15, 0.2) is 46.9 Å². The van der Waals surface area contributed by atoms with Crippen LogP contribution in [-0.4, -0.2) is 39.2 Å². The van der Waals surface area contributed by atoms with Gasteiger partial charge >= 0.3 is 0 Å². The molecular weight excluding hydrogens is 402 g/mol. The van der Waals surface area contributed by atoms with E-state index in [1.165, 1.54) is 14.2 Å². The number of Topliss-reactive ketones (excluding diaryl/α,β-unsaturated/α-hetero) is 1. The summed E-state index contributed by atoms with van der Waals surface area (Å²) in [5, 5.41) is 10.2. The first-order valence-corrected chi connectivity index (χ1v) is 10.2. The standard InChI is InChI=1S/C22H23N3O4S/c1-23-16-5-8-21-17(11-16)15(13-30-21)12-24-25-22(27)9-6-18(26)14-4-7-19(28-2)20(10-14)29-3/h4-5,7-8,10-13,23H,6,9H2,1-3H3,(H,25,27)/b24-12+. The predicted molar refractivity (Wildman–Crippen MR) is 120 cm³/mol. The highest BCUT2D eigenvalue weighted by molar-refractivity contribution is 7.17. The van der Waals surface area contributed by atoms with E-state index in [1.807, 2.05) is 30.6 Å². The quantitative estimate of drug-likeness (QED) is 0.306. The average Bonchev–Trinajstić information content (AvgIpc) is 3.18. The van der Waals surface area contributed by atoms with Gasteiger partial charge in [-0.15, -0.1) is 11.3 Å². The maximum atomic E-state index is 12.4. The molecule has 0 fully saturated rings. The number of rotatable bonds is 9. The smallest absolute Gasteiger partial charge is 0.240 e. The summed E-state index contributed by atoms with van der Waals surface area (Å²) < 4.78 is 11.5. The zero-order valence-electron chi connectivity index (χ0n) is 17.0. The Kier molecular flexibility index (Phi) is 7.03. The molecule has 3 aromatic rings. The van der Waals surface area contributed by atoms with Crippen molar-refractivity contribution >= 4 is 45.0 Å². The Balaban J connectivity index is 1.55. The van der Waals surface area contributed by atoms with Gasteiger partial charge in [0.2, 0.25) is 5.91 Å². The molecule has 0 saturated heterocycles. The molecule has 7 nitrogen and oxygen atoms in total. The van der Waals surface area contributed by atoms with E-state index in [4.69, 9.17) is 9.47 Å². The van der Waals surface area contributed by atoms with Gasteiger partial charge in [0.15, 0.2) is 17.3 Å². The largest absolute Gasteiger partial charge is 0.493 e. The maximum absolute atomic E-state index is 12.4. The number of anilines is 1. The molecule has 2 N–H and O–H groups in total. The van der Waals surface area contributed by atoms with Gasteiger partial charge in [0.1, 0.15) is 0 Å². The molecule has 30 heavy (non-hydrogen) atoms. The Morgan fingerprint density at radius 2 is 1.87 bits per heavy atom. The molecule has 0 aliphatic heterocycles. The number of amides is 1. The van der Waals surface area contributed by atoms with E-state index in [1.54, 1.807) is 35.8 Å². The number of carbonyl (C=O) groups excluding carboxylic acids is 2. The number of hydrogen-bond acceptors (Lipinski definition) is 7. The van der Waals surface area contributed by atoms with Crippen LogP contribution in [0.25, 0.3) is 10.1 Å². The fourth-order valence-electron chi connectivity index (χ4n) is 2.92. The van der Waals surface area contributed by atoms with E-state index in [0.717, 1.165) is 21.3 Å². The highest BCUT2D eigenvalue weighted by Crippen LogP contribution is 2.28. The van der Waals surface area contributed by atoms with Crippen molar-refractivity contribution in [1.29, 1.82) is 0 Å². The van der Waals surface area contributed by atoms with Gasteiger partial charge in [-0.3, -0.25) is 9.59 Å². The first-order chi connectivity index (χ1) is 14.5. The number of benzene rings is 2. The molecule has 0 bridgehead atoms. The molecule has 0 unspecified atom stereocenters. The van der Waals surface area contributed by atoms with Crippen molar-refractivity contribution in [3.8, 4) is 11.5 Å². The SMILES string of the molecule is CNc1ccc2scc(/C=N/NC(=O)CCC(=O)c3ccc(OC)c(OC)c3)c2c1. The zero-order chi connectivity index (χ0) is 21.5. The number of ether oxygens (including phenoxy) is 2. The van der Waals surface area contributed by atoms with Gasteiger partial charge in [-0.25, -0.2) is 5.43 Å². The predicted octanol–water partition coefficient (Wildman–Crippen LogP) is 4.07. The Morgan fingerprint density at radius 3 is 2.60 bits per heavy atom. The third kappa shape index (κ3) is 4.96. The summed E-state index contributed by atoms with van der Waals surface area (Å²) in [6.45, 7) is 0.